The quantitative estimate of drug-likeness (QED) is 0.630. The normalized spacial score (nSPS) is 39.8. The summed E-state index contributed by atoms with van der Waals surface area (Å²) >= 11 is 0. The first-order valence-electron chi connectivity index (χ1n) is 9.99. The molecule has 5 atom stereocenters. The number of aliphatic hydroxyl groups is 1. The molecule has 152 valence electrons. The standard InChI is InChI=1S/C22H28O6/c1-14-11-17(28-15(2)23)18-20(3)7-4-8-21(18,13-27-19(20)24)22(14,25)9-5-16-6-10-26-12-16/h6,10,12,17-18,25H,1,4-5,7-9,11,13H2,2-3H3/t17-,18+,20-,21-,22-/m1/s1. The first-order valence-corrected chi connectivity index (χ1v) is 9.99. The monoisotopic (exact) mass is 388 g/mol. The van der Waals surface area contributed by atoms with E-state index in [1.165, 1.54) is 6.92 Å². The Labute approximate surface area is 164 Å². The molecule has 1 N–H and O–H groups in total. The molecule has 28 heavy (non-hydrogen) atoms. The van der Waals surface area contributed by atoms with Crippen molar-refractivity contribution in [1.82, 2.24) is 0 Å². The number of hydrogen-bond acceptors (Lipinski definition) is 6. The highest BCUT2D eigenvalue weighted by atomic mass is 16.6. The molecule has 3 aliphatic rings. The van der Waals surface area contributed by atoms with Gasteiger partial charge in [-0.3, -0.25) is 9.59 Å². The average Bonchev–Trinajstić information content (AvgIpc) is 3.14. The van der Waals surface area contributed by atoms with E-state index in [-0.39, 0.29) is 24.5 Å². The first-order chi connectivity index (χ1) is 13.2. The van der Waals surface area contributed by atoms with Gasteiger partial charge in [-0.15, -0.1) is 0 Å². The molecule has 1 aromatic rings. The summed E-state index contributed by atoms with van der Waals surface area (Å²) < 4.78 is 16.5. The Bertz CT molecular complexity index is 798. The Balaban J connectivity index is 1.77. The van der Waals surface area contributed by atoms with E-state index in [1.54, 1.807) is 12.5 Å². The first kappa shape index (κ1) is 19.2. The third-order valence-electron chi connectivity index (χ3n) is 7.43. The van der Waals surface area contributed by atoms with Crippen LogP contribution in [0.1, 0.15) is 51.5 Å². The van der Waals surface area contributed by atoms with Gasteiger partial charge in [-0.1, -0.05) is 13.0 Å². The molecule has 0 amide bonds. The van der Waals surface area contributed by atoms with Gasteiger partial charge in [0, 0.05) is 24.7 Å². The Morgan fingerprint density at radius 2 is 2.21 bits per heavy atom. The Morgan fingerprint density at radius 1 is 1.43 bits per heavy atom. The van der Waals surface area contributed by atoms with Crippen LogP contribution in [0.4, 0.5) is 0 Å². The van der Waals surface area contributed by atoms with Crippen LogP contribution in [0.3, 0.4) is 0 Å². The lowest BCUT2D eigenvalue weighted by Crippen LogP contribution is -2.72. The molecule has 4 rings (SSSR count). The smallest absolute Gasteiger partial charge is 0.312 e. The van der Waals surface area contributed by atoms with Gasteiger partial charge in [0.2, 0.25) is 0 Å². The topological polar surface area (TPSA) is 86.0 Å². The van der Waals surface area contributed by atoms with Gasteiger partial charge in [-0.05, 0) is 49.8 Å². The van der Waals surface area contributed by atoms with Crippen molar-refractivity contribution in [2.75, 3.05) is 6.61 Å². The highest BCUT2D eigenvalue weighted by Crippen LogP contribution is 2.66. The average molecular weight is 388 g/mol. The molecule has 6 nitrogen and oxygen atoms in total. The number of ether oxygens (including phenoxy) is 2. The molecule has 1 saturated heterocycles. The lowest BCUT2D eigenvalue weighted by Gasteiger charge is -2.65. The molecule has 1 aromatic heterocycles. The molecule has 2 bridgehead atoms. The molecular weight excluding hydrogens is 360 g/mol. The van der Waals surface area contributed by atoms with Gasteiger partial charge in [0.15, 0.2) is 0 Å². The number of furan rings is 1. The van der Waals surface area contributed by atoms with Gasteiger partial charge in [0.05, 0.1) is 23.5 Å². The van der Waals surface area contributed by atoms with Crippen LogP contribution in [0.15, 0.2) is 35.2 Å². The molecule has 0 radical (unpaired) electrons. The van der Waals surface area contributed by atoms with E-state index in [9.17, 15) is 14.7 Å². The predicted molar refractivity (Wildman–Crippen MR) is 100 cm³/mol. The molecule has 1 aliphatic heterocycles. The molecule has 2 saturated carbocycles. The summed E-state index contributed by atoms with van der Waals surface area (Å²) in [5.41, 5.74) is -1.02. The number of aryl methyl sites for hydroxylation is 1. The second kappa shape index (κ2) is 6.48. The van der Waals surface area contributed by atoms with Crippen LogP contribution >= 0.6 is 0 Å². The number of carbonyl (C=O) groups is 2. The summed E-state index contributed by atoms with van der Waals surface area (Å²) in [6, 6.07) is 1.89. The number of hydrogen-bond donors (Lipinski definition) is 1. The zero-order valence-corrected chi connectivity index (χ0v) is 16.5. The molecule has 0 spiro atoms. The van der Waals surface area contributed by atoms with Crippen molar-refractivity contribution in [3.8, 4) is 0 Å². The molecule has 6 heteroatoms. The van der Waals surface area contributed by atoms with Crippen LogP contribution in [-0.2, 0) is 25.5 Å². The molecule has 0 unspecified atom stereocenters. The number of esters is 2. The number of cyclic esters (lactones) is 1. The van der Waals surface area contributed by atoms with Crippen LogP contribution < -0.4 is 0 Å². The van der Waals surface area contributed by atoms with E-state index in [4.69, 9.17) is 13.9 Å². The zero-order valence-electron chi connectivity index (χ0n) is 16.5. The highest BCUT2D eigenvalue weighted by Gasteiger charge is 2.72. The second-order valence-corrected chi connectivity index (χ2v) is 8.93. The van der Waals surface area contributed by atoms with Crippen LogP contribution in [0, 0.1) is 16.7 Å². The lowest BCUT2D eigenvalue weighted by molar-refractivity contribution is -0.261. The summed E-state index contributed by atoms with van der Waals surface area (Å²) in [7, 11) is 0. The van der Waals surface area contributed by atoms with E-state index >= 15 is 0 Å². The maximum Gasteiger partial charge on any atom is 0.312 e. The van der Waals surface area contributed by atoms with E-state index < -0.39 is 22.5 Å². The third kappa shape index (κ3) is 2.57. The van der Waals surface area contributed by atoms with Crippen molar-refractivity contribution in [3.63, 3.8) is 0 Å². The molecule has 2 heterocycles. The van der Waals surface area contributed by atoms with Crippen molar-refractivity contribution >= 4 is 11.9 Å². The maximum absolute atomic E-state index is 12.8. The fourth-order valence-electron chi connectivity index (χ4n) is 6.18. The van der Waals surface area contributed by atoms with Gasteiger partial charge in [-0.25, -0.2) is 0 Å². The van der Waals surface area contributed by atoms with Crippen molar-refractivity contribution < 1.29 is 28.6 Å². The van der Waals surface area contributed by atoms with Crippen molar-refractivity contribution in [2.24, 2.45) is 16.7 Å². The highest BCUT2D eigenvalue weighted by molar-refractivity contribution is 5.79. The van der Waals surface area contributed by atoms with E-state index in [1.807, 2.05) is 13.0 Å². The summed E-state index contributed by atoms with van der Waals surface area (Å²) in [5.74, 6) is -0.925. The van der Waals surface area contributed by atoms with Gasteiger partial charge in [-0.2, -0.15) is 0 Å². The van der Waals surface area contributed by atoms with Crippen molar-refractivity contribution in [2.45, 2.75) is 64.1 Å². The zero-order chi connectivity index (χ0) is 20.2. The van der Waals surface area contributed by atoms with Crippen LogP contribution in [-0.4, -0.2) is 35.4 Å². The van der Waals surface area contributed by atoms with Gasteiger partial charge in [0.25, 0.3) is 0 Å². The molecule has 2 aliphatic carbocycles. The van der Waals surface area contributed by atoms with Crippen LogP contribution in [0.5, 0.6) is 0 Å². The van der Waals surface area contributed by atoms with Crippen LogP contribution in [0.25, 0.3) is 0 Å². The maximum atomic E-state index is 12.8. The SMILES string of the molecule is C=C1C[C@@H](OC(C)=O)[C@@H]2[C@]3(CCC[C@@]2(C)C(=O)OC3)[C@@]1(O)CCc1ccoc1. The summed E-state index contributed by atoms with van der Waals surface area (Å²) in [4.78, 5) is 24.6. The Hall–Kier alpha value is -2.08. The largest absolute Gasteiger partial charge is 0.472 e. The van der Waals surface area contributed by atoms with Crippen molar-refractivity contribution in [3.05, 3.63) is 36.3 Å². The van der Waals surface area contributed by atoms with E-state index in [0.29, 0.717) is 37.7 Å². The third-order valence-corrected chi connectivity index (χ3v) is 7.43. The van der Waals surface area contributed by atoms with E-state index in [0.717, 1.165) is 12.0 Å². The van der Waals surface area contributed by atoms with E-state index in [2.05, 4.69) is 6.58 Å². The fourth-order valence-corrected chi connectivity index (χ4v) is 6.18. The Morgan fingerprint density at radius 3 is 2.89 bits per heavy atom. The van der Waals surface area contributed by atoms with Crippen molar-refractivity contribution in [1.29, 1.82) is 0 Å². The second-order valence-electron chi connectivity index (χ2n) is 8.93. The van der Waals surface area contributed by atoms with Gasteiger partial charge < -0.3 is 19.0 Å². The fraction of sp³-hybridized carbons (Fsp3) is 0.636. The number of carbonyl (C=O) groups excluding carboxylic acids is 2. The minimum Gasteiger partial charge on any atom is -0.472 e. The summed E-state index contributed by atoms with van der Waals surface area (Å²) in [6.45, 7) is 7.60. The lowest BCUT2D eigenvalue weighted by atomic mass is 9.42. The molecule has 3 fully saturated rings. The van der Waals surface area contributed by atoms with Gasteiger partial charge in [0.1, 0.15) is 12.7 Å². The summed E-state index contributed by atoms with van der Waals surface area (Å²) in [6.07, 6.45) is 6.46. The minimum absolute atomic E-state index is 0.130. The number of rotatable bonds is 4. The molecule has 0 aromatic carbocycles. The minimum atomic E-state index is -1.20. The molecular formula is C22H28O6. The predicted octanol–water partition coefficient (Wildman–Crippen LogP) is 3.18. The van der Waals surface area contributed by atoms with Crippen LogP contribution in [0.2, 0.25) is 0 Å². The Kier molecular flexibility index (Phi) is 4.45. The summed E-state index contributed by atoms with van der Waals surface area (Å²) in [5, 5.41) is 12.0. The van der Waals surface area contributed by atoms with Gasteiger partial charge >= 0.3 is 11.9 Å².